The van der Waals surface area contributed by atoms with Crippen molar-refractivity contribution in [2.45, 2.75) is 63.5 Å². The molecule has 1 fully saturated rings. The summed E-state index contributed by atoms with van der Waals surface area (Å²) in [7, 11) is 0. The monoisotopic (exact) mass is 464 g/mol. The molecule has 0 spiro atoms. The van der Waals surface area contributed by atoms with Crippen molar-refractivity contribution in [2.75, 3.05) is 6.61 Å². The van der Waals surface area contributed by atoms with E-state index in [9.17, 15) is 19.5 Å². The predicted octanol–water partition coefficient (Wildman–Crippen LogP) is 4.45. The van der Waals surface area contributed by atoms with E-state index in [0.717, 1.165) is 28.7 Å². The Kier molecular flexibility index (Phi) is 6.91. The average molecular weight is 465 g/mol. The first-order chi connectivity index (χ1) is 16.4. The lowest BCUT2D eigenvalue weighted by Gasteiger charge is -2.33. The Bertz CT molecular complexity index is 1030. The number of ether oxygens (including phenoxy) is 1. The summed E-state index contributed by atoms with van der Waals surface area (Å²) in [6.07, 6.45) is 2.01. The Morgan fingerprint density at radius 2 is 1.56 bits per heavy atom. The molecule has 3 N–H and O–H groups in total. The third-order valence-corrected chi connectivity index (χ3v) is 7.48. The molecule has 0 bridgehead atoms. The maximum atomic E-state index is 13.2. The highest BCUT2D eigenvalue weighted by Gasteiger charge is 2.41. The highest BCUT2D eigenvalue weighted by molar-refractivity contribution is 5.90. The number of rotatable bonds is 8. The molecule has 2 atom stereocenters. The molecule has 0 heterocycles. The van der Waals surface area contributed by atoms with Gasteiger partial charge in [0.05, 0.1) is 5.92 Å². The number of aliphatic carboxylic acids is 1. The van der Waals surface area contributed by atoms with E-state index < -0.39 is 29.6 Å². The van der Waals surface area contributed by atoms with Gasteiger partial charge in [0, 0.05) is 12.0 Å². The number of nitrogens with one attached hydrogen (secondary N) is 2. The molecule has 2 aliphatic rings. The smallest absolute Gasteiger partial charge is 0.408 e. The molecule has 34 heavy (non-hydrogen) atoms. The van der Waals surface area contributed by atoms with Gasteiger partial charge in [-0.15, -0.1) is 0 Å². The summed E-state index contributed by atoms with van der Waals surface area (Å²) in [4.78, 5) is 37.6. The number of hydrogen-bond acceptors (Lipinski definition) is 4. The summed E-state index contributed by atoms with van der Waals surface area (Å²) in [5.41, 5.74) is 3.37. The maximum Gasteiger partial charge on any atom is 0.408 e. The second-order valence-electron chi connectivity index (χ2n) is 9.20. The van der Waals surface area contributed by atoms with Crippen molar-refractivity contribution >= 4 is 18.0 Å². The SMILES string of the molecule is CCC(CC)(NC(=O)OCC1c2ccccc2-c2ccccc21)C(=O)N[C@H]1CCC[C@H]1C(=O)O. The van der Waals surface area contributed by atoms with Crippen molar-refractivity contribution in [3.05, 3.63) is 59.7 Å². The van der Waals surface area contributed by atoms with Gasteiger partial charge in [0.15, 0.2) is 0 Å². The largest absolute Gasteiger partial charge is 0.481 e. The Hall–Kier alpha value is -3.35. The third-order valence-electron chi connectivity index (χ3n) is 7.48. The molecule has 7 nitrogen and oxygen atoms in total. The van der Waals surface area contributed by atoms with Gasteiger partial charge in [-0.05, 0) is 47.9 Å². The molecule has 0 radical (unpaired) electrons. The maximum absolute atomic E-state index is 13.2. The average Bonchev–Trinajstić information content (AvgIpc) is 3.44. The van der Waals surface area contributed by atoms with E-state index in [1.807, 2.05) is 38.1 Å². The van der Waals surface area contributed by atoms with Crippen LogP contribution in [-0.4, -0.2) is 41.3 Å². The Morgan fingerprint density at radius 1 is 0.971 bits per heavy atom. The zero-order chi connectivity index (χ0) is 24.3. The highest BCUT2D eigenvalue weighted by Crippen LogP contribution is 2.44. The lowest BCUT2D eigenvalue weighted by Crippen LogP contribution is -2.60. The van der Waals surface area contributed by atoms with Crippen LogP contribution in [0.3, 0.4) is 0 Å². The summed E-state index contributed by atoms with van der Waals surface area (Å²) in [5.74, 6) is -1.92. The molecule has 180 valence electrons. The molecule has 1 saturated carbocycles. The van der Waals surface area contributed by atoms with E-state index in [4.69, 9.17) is 4.74 Å². The molecule has 0 unspecified atom stereocenters. The van der Waals surface area contributed by atoms with Gasteiger partial charge >= 0.3 is 12.1 Å². The highest BCUT2D eigenvalue weighted by atomic mass is 16.5. The number of amides is 2. The van der Waals surface area contributed by atoms with E-state index in [1.54, 1.807) is 0 Å². The van der Waals surface area contributed by atoms with E-state index in [-0.39, 0.29) is 18.4 Å². The topological polar surface area (TPSA) is 105 Å². The molecular formula is C27H32N2O5. The van der Waals surface area contributed by atoms with Crippen LogP contribution in [0.1, 0.15) is 63.0 Å². The van der Waals surface area contributed by atoms with Crippen molar-refractivity contribution in [3.63, 3.8) is 0 Å². The van der Waals surface area contributed by atoms with Crippen molar-refractivity contribution < 1.29 is 24.2 Å². The van der Waals surface area contributed by atoms with Gasteiger partial charge in [-0.25, -0.2) is 4.79 Å². The van der Waals surface area contributed by atoms with E-state index in [0.29, 0.717) is 25.7 Å². The van der Waals surface area contributed by atoms with Crippen LogP contribution in [0.2, 0.25) is 0 Å². The Balaban J connectivity index is 1.43. The van der Waals surface area contributed by atoms with Crippen LogP contribution in [0.25, 0.3) is 11.1 Å². The van der Waals surface area contributed by atoms with Gasteiger partial charge in [0.25, 0.3) is 0 Å². The number of carboxylic acid groups (broad SMARTS) is 1. The molecule has 0 aromatic heterocycles. The van der Waals surface area contributed by atoms with E-state index >= 15 is 0 Å². The van der Waals surface area contributed by atoms with Gasteiger partial charge in [-0.2, -0.15) is 0 Å². The van der Waals surface area contributed by atoms with Crippen LogP contribution in [0.4, 0.5) is 4.79 Å². The number of fused-ring (bicyclic) bond motifs is 3. The summed E-state index contributed by atoms with van der Waals surface area (Å²) in [6, 6.07) is 15.8. The number of benzene rings is 2. The van der Waals surface area contributed by atoms with Gasteiger partial charge in [-0.3, -0.25) is 9.59 Å². The van der Waals surface area contributed by atoms with E-state index in [2.05, 4.69) is 34.9 Å². The fourth-order valence-corrected chi connectivity index (χ4v) is 5.37. The van der Waals surface area contributed by atoms with Crippen LogP contribution in [-0.2, 0) is 14.3 Å². The number of carbonyl (C=O) groups is 3. The van der Waals surface area contributed by atoms with E-state index in [1.165, 1.54) is 0 Å². The molecule has 2 amide bonds. The summed E-state index contributed by atoms with van der Waals surface area (Å²) < 4.78 is 5.65. The summed E-state index contributed by atoms with van der Waals surface area (Å²) in [5, 5.41) is 15.1. The zero-order valence-corrected chi connectivity index (χ0v) is 19.7. The van der Waals surface area contributed by atoms with Crippen molar-refractivity contribution in [3.8, 4) is 11.1 Å². The Morgan fingerprint density at radius 3 is 2.12 bits per heavy atom. The number of hydrogen-bond donors (Lipinski definition) is 3. The zero-order valence-electron chi connectivity index (χ0n) is 19.7. The molecule has 4 rings (SSSR count). The quantitative estimate of drug-likeness (QED) is 0.535. The minimum Gasteiger partial charge on any atom is -0.481 e. The first-order valence-corrected chi connectivity index (χ1v) is 12.1. The number of carbonyl (C=O) groups excluding carboxylic acids is 2. The minimum atomic E-state index is -1.16. The molecule has 0 saturated heterocycles. The molecule has 2 aromatic rings. The standard InChI is InChI=1S/C27H32N2O5/c1-3-27(4-2,25(32)28-23-15-9-14-21(23)24(30)31)29-26(33)34-16-22-19-12-7-5-10-17(19)18-11-6-8-13-20(18)22/h5-8,10-13,21-23H,3-4,9,14-16H2,1-2H3,(H,28,32)(H,29,33)(H,30,31)/t21-,23+/m1/s1. The first kappa shape index (κ1) is 23.8. The lowest BCUT2D eigenvalue weighted by molar-refractivity contribution is -0.142. The third kappa shape index (κ3) is 4.39. The molecule has 2 aromatic carbocycles. The normalized spacial score (nSPS) is 19.2. The minimum absolute atomic E-state index is 0.0700. The second-order valence-corrected chi connectivity index (χ2v) is 9.20. The van der Waals surface area contributed by atoms with Gasteiger partial charge < -0.3 is 20.5 Å². The molecule has 7 heteroatoms. The van der Waals surface area contributed by atoms with Crippen LogP contribution in [0.5, 0.6) is 0 Å². The van der Waals surface area contributed by atoms with Crippen molar-refractivity contribution in [1.82, 2.24) is 10.6 Å². The van der Waals surface area contributed by atoms with Crippen LogP contribution >= 0.6 is 0 Å². The van der Waals surface area contributed by atoms with Crippen molar-refractivity contribution in [1.29, 1.82) is 0 Å². The van der Waals surface area contributed by atoms with Crippen LogP contribution in [0, 0.1) is 5.92 Å². The molecular weight excluding hydrogens is 432 g/mol. The fourth-order valence-electron chi connectivity index (χ4n) is 5.37. The first-order valence-electron chi connectivity index (χ1n) is 12.1. The van der Waals surface area contributed by atoms with Gasteiger partial charge in [-0.1, -0.05) is 68.8 Å². The Labute approximate surface area is 199 Å². The predicted molar refractivity (Wildman–Crippen MR) is 128 cm³/mol. The number of carboxylic acids is 1. The van der Waals surface area contributed by atoms with Gasteiger partial charge in [0.1, 0.15) is 12.1 Å². The van der Waals surface area contributed by atoms with Crippen LogP contribution in [0.15, 0.2) is 48.5 Å². The summed E-state index contributed by atoms with van der Waals surface area (Å²) in [6.45, 7) is 3.82. The number of alkyl carbamates (subject to hydrolysis) is 1. The van der Waals surface area contributed by atoms with Gasteiger partial charge in [0.2, 0.25) is 5.91 Å². The van der Waals surface area contributed by atoms with Crippen LogP contribution < -0.4 is 10.6 Å². The van der Waals surface area contributed by atoms with Crippen molar-refractivity contribution in [2.24, 2.45) is 5.92 Å². The lowest BCUT2D eigenvalue weighted by atomic mass is 9.90. The molecule has 0 aliphatic heterocycles. The fraction of sp³-hybridized carbons (Fsp3) is 0.444. The summed E-state index contributed by atoms with van der Waals surface area (Å²) >= 11 is 0. The molecule has 2 aliphatic carbocycles. The second kappa shape index (κ2) is 9.87.